The Kier molecular flexibility index (Phi) is 5.54. The zero-order chi connectivity index (χ0) is 20.4. The summed E-state index contributed by atoms with van der Waals surface area (Å²) >= 11 is 0. The van der Waals surface area contributed by atoms with Crippen LogP contribution in [0.5, 0.6) is 0 Å². The van der Waals surface area contributed by atoms with Crippen molar-refractivity contribution in [2.75, 3.05) is 33.8 Å². The van der Waals surface area contributed by atoms with Gasteiger partial charge in [-0.25, -0.2) is 0 Å². The minimum absolute atomic E-state index is 0.0701. The van der Waals surface area contributed by atoms with Crippen molar-refractivity contribution in [1.29, 1.82) is 0 Å². The number of hydrogen-bond acceptors (Lipinski definition) is 4. The van der Waals surface area contributed by atoms with Crippen LogP contribution in [0.15, 0.2) is 36.5 Å². The normalized spacial score (nSPS) is 21.3. The van der Waals surface area contributed by atoms with Crippen LogP contribution in [0.1, 0.15) is 42.5 Å². The Morgan fingerprint density at radius 3 is 2.79 bits per heavy atom. The maximum atomic E-state index is 13.0. The molecule has 6 nitrogen and oxygen atoms in total. The highest BCUT2D eigenvalue weighted by Crippen LogP contribution is 2.39. The highest BCUT2D eigenvalue weighted by molar-refractivity contribution is 5.98. The Bertz CT molecular complexity index is 903. The highest BCUT2D eigenvalue weighted by Gasteiger charge is 2.41. The van der Waals surface area contributed by atoms with E-state index in [9.17, 15) is 9.59 Å². The molecule has 0 radical (unpaired) electrons. The van der Waals surface area contributed by atoms with E-state index >= 15 is 0 Å². The average molecular weight is 396 g/mol. The van der Waals surface area contributed by atoms with Crippen molar-refractivity contribution in [2.24, 2.45) is 5.92 Å². The molecule has 1 atom stereocenters. The molecule has 2 amide bonds. The average Bonchev–Trinajstić information content (AvgIpc) is 2.73. The van der Waals surface area contributed by atoms with E-state index in [2.05, 4.69) is 4.98 Å². The zero-order valence-electron chi connectivity index (χ0n) is 17.3. The molecule has 0 N–H and O–H groups in total. The molecule has 2 saturated heterocycles. The minimum Gasteiger partial charge on any atom is -0.375 e. The molecule has 1 unspecified atom stereocenters. The first-order chi connectivity index (χ1) is 14.0. The third kappa shape index (κ3) is 4.27. The number of rotatable bonds is 3. The Hall–Kier alpha value is -2.47. The predicted octanol–water partition coefficient (Wildman–Crippen LogP) is 3.11. The molecule has 2 fully saturated rings. The first kappa shape index (κ1) is 19.8. The Morgan fingerprint density at radius 2 is 2.03 bits per heavy atom. The van der Waals surface area contributed by atoms with Gasteiger partial charge in [0.1, 0.15) is 0 Å². The Morgan fingerprint density at radius 1 is 1.24 bits per heavy atom. The monoisotopic (exact) mass is 395 g/mol. The summed E-state index contributed by atoms with van der Waals surface area (Å²) in [6.07, 6.45) is 5.87. The predicted molar refractivity (Wildman–Crippen MR) is 112 cm³/mol. The van der Waals surface area contributed by atoms with Gasteiger partial charge in [0.05, 0.1) is 11.1 Å². The van der Waals surface area contributed by atoms with Crippen LogP contribution >= 0.6 is 0 Å². The summed E-state index contributed by atoms with van der Waals surface area (Å²) in [5, 5.41) is 0.982. The number of fused-ring (bicyclic) bond motifs is 1. The molecule has 2 aliphatic heterocycles. The van der Waals surface area contributed by atoms with Gasteiger partial charge in [-0.15, -0.1) is 0 Å². The standard InChI is InChI=1S/C23H29N3O3/c1-25(2)21(27)14-17-7-13-29-23(16-17)8-11-26(12-9-23)22(28)19-5-6-20-18(15-19)4-3-10-24-20/h3-6,10,15,17H,7-9,11-14,16H2,1-2H3. The van der Waals surface area contributed by atoms with Crippen LogP contribution in [-0.2, 0) is 9.53 Å². The number of aromatic nitrogens is 1. The summed E-state index contributed by atoms with van der Waals surface area (Å²) in [6.45, 7) is 2.09. The fourth-order valence-electron chi connectivity index (χ4n) is 4.59. The molecule has 4 rings (SSSR count). The lowest BCUT2D eigenvalue weighted by Gasteiger charge is -2.46. The van der Waals surface area contributed by atoms with Crippen LogP contribution in [0.3, 0.4) is 0 Å². The molecule has 0 bridgehead atoms. The lowest BCUT2D eigenvalue weighted by Crippen LogP contribution is -2.51. The number of piperidine rings is 1. The van der Waals surface area contributed by atoms with Gasteiger partial charge in [0.25, 0.3) is 5.91 Å². The number of pyridine rings is 1. The fraction of sp³-hybridized carbons (Fsp3) is 0.522. The number of likely N-dealkylation sites (tertiary alicyclic amines) is 1. The van der Waals surface area contributed by atoms with E-state index < -0.39 is 0 Å². The van der Waals surface area contributed by atoms with Crippen molar-refractivity contribution in [3.8, 4) is 0 Å². The topological polar surface area (TPSA) is 62.7 Å². The second kappa shape index (κ2) is 8.11. The molecule has 1 aromatic carbocycles. The molecule has 0 saturated carbocycles. The van der Waals surface area contributed by atoms with Gasteiger partial charge < -0.3 is 14.5 Å². The summed E-state index contributed by atoms with van der Waals surface area (Å²) in [5.74, 6) is 0.625. The van der Waals surface area contributed by atoms with E-state index in [0.717, 1.165) is 36.6 Å². The molecular weight excluding hydrogens is 366 g/mol. The first-order valence-electron chi connectivity index (χ1n) is 10.4. The maximum Gasteiger partial charge on any atom is 0.253 e. The number of carbonyl (C=O) groups excluding carboxylic acids is 2. The van der Waals surface area contributed by atoms with Gasteiger partial charge in [0.15, 0.2) is 0 Å². The fourth-order valence-corrected chi connectivity index (χ4v) is 4.59. The first-order valence-corrected chi connectivity index (χ1v) is 10.4. The van der Waals surface area contributed by atoms with Gasteiger partial charge in [-0.3, -0.25) is 14.6 Å². The molecule has 2 aliphatic rings. The van der Waals surface area contributed by atoms with Crippen molar-refractivity contribution in [3.05, 3.63) is 42.1 Å². The molecule has 6 heteroatoms. The van der Waals surface area contributed by atoms with Gasteiger partial charge in [-0.1, -0.05) is 6.07 Å². The van der Waals surface area contributed by atoms with Crippen molar-refractivity contribution in [1.82, 2.24) is 14.8 Å². The second-order valence-corrected chi connectivity index (χ2v) is 8.59. The Balaban J connectivity index is 1.39. The number of carbonyl (C=O) groups is 2. The molecule has 1 aromatic heterocycles. The van der Waals surface area contributed by atoms with Crippen LogP contribution in [-0.4, -0.2) is 66.0 Å². The SMILES string of the molecule is CN(C)C(=O)CC1CCOC2(CCN(C(=O)c3ccc4ncccc4c3)CC2)C1. The van der Waals surface area contributed by atoms with E-state index in [1.54, 1.807) is 11.1 Å². The van der Waals surface area contributed by atoms with E-state index in [-0.39, 0.29) is 17.4 Å². The van der Waals surface area contributed by atoms with E-state index in [1.165, 1.54) is 0 Å². The zero-order valence-corrected chi connectivity index (χ0v) is 17.3. The number of ether oxygens (including phenoxy) is 1. The van der Waals surface area contributed by atoms with E-state index in [1.807, 2.05) is 49.3 Å². The number of amides is 2. The Labute approximate surface area is 171 Å². The molecular formula is C23H29N3O3. The van der Waals surface area contributed by atoms with Crippen molar-refractivity contribution >= 4 is 22.7 Å². The van der Waals surface area contributed by atoms with Gasteiger partial charge in [0.2, 0.25) is 5.91 Å². The van der Waals surface area contributed by atoms with E-state index in [0.29, 0.717) is 37.6 Å². The van der Waals surface area contributed by atoms with Crippen molar-refractivity contribution in [2.45, 2.75) is 37.7 Å². The van der Waals surface area contributed by atoms with Crippen molar-refractivity contribution in [3.63, 3.8) is 0 Å². The van der Waals surface area contributed by atoms with Crippen LogP contribution in [0.25, 0.3) is 10.9 Å². The summed E-state index contributed by atoms with van der Waals surface area (Å²) < 4.78 is 6.20. The number of nitrogens with zero attached hydrogens (tertiary/aromatic N) is 3. The van der Waals surface area contributed by atoms with Gasteiger partial charge in [0, 0.05) is 57.4 Å². The maximum absolute atomic E-state index is 13.0. The third-order valence-electron chi connectivity index (χ3n) is 6.37. The molecule has 0 aliphatic carbocycles. The van der Waals surface area contributed by atoms with Crippen molar-refractivity contribution < 1.29 is 14.3 Å². The summed E-state index contributed by atoms with van der Waals surface area (Å²) in [7, 11) is 3.62. The van der Waals surface area contributed by atoms with Crippen LogP contribution < -0.4 is 0 Å². The molecule has 1 spiro atoms. The smallest absolute Gasteiger partial charge is 0.253 e. The lowest BCUT2D eigenvalue weighted by molar-refractivity contribution is -0.139. The second-order valence-electron chi connectivity index (χ2n) is 8.59. The lowest BCUT2D eigenvalue weighted by atomic mass is 9.78. The molecule has 154 valence electrons. The van der Waals surface area contributed by atoms with Gasteiger partial charge >= 0.3 is 0 Å². The van der Waals surface area contributed by atoms with Crippen LogP contribution in [0, 0.1) is 5.92 Å². The third-order valence-corrected chi connectivity index (χ3v) is 6.37. The molecule has 3 heterocycles. The van der Waals surface area contributed by atoms with Gasteiger partial charge in [-0.05, 0) is 55.9 Å². The highest BCUT2D eigenvalue weighted by atomic mass is 16.5. The number of hydrogen-bond donors (Lipinski definition) is 0. The summed E-state index contributed by atoms with van der Waals surface area (Å²) in [4.78, 5) is 33.0. The molecule has 29 heavy (non-hydrogen) atoms. The van der Waals surface area contributed by atoms with Crippen LogP contribution in [0.2, 0.25) is 0 Å². The van der Waals surface area contributed by atoms with E-state index in [4.69, 9.17) is 4.74 Å². The number of benzene rings is 1. The minimum atomic E-state index is -0.181. The molecule has 2 aromatic rings. The summed E-state index contributed by atoms with van der Waals surface area (Å²) in [5.41, 5.74) is 1.43. The largest absolute Gasteiger partial charge is 0.375 e. The van der Waals surface area contributed by atoms with Gasteiger partial charge in [-0.2, -0.15) is 0 Å². The summed E-state index contributed by atoms with van der Waals surface area (Å²) in [6, 6.07) is 9.57. The van der Waals surface area contributed by atoms with Crippen LogP contribution in [0.4, 0.5) is 0 Å². The quantitative estimate of drug-likeness (QED) is 0.801.